The molecule has 0 spiro atoms. The predicted molar refractivity (Wildman–Crippen MR) is 278 cm³/mol. The smallest absolute Gasteiger partial charge is 0.302 e. The van der Waals surface area contributed by atoms with Crippen molar-refractivity contribution in [2.45, 2.75) is 110 Å². The number of benzene rings is 2. The number of rotatable bonds is 20. The molecule has 0 saturated carbocycles. The predicted octanol–water partition coefficient (Wildman–Crippen LogP) is 8.58. The molecule has 14 nitrogen and oxygen atoms in total. The highest BCUT2D eigenvalue weighted by Gasteiger charge is 2.35. The molecule has 3 amide bonds. The van der Waals surface area contributed by atoms with E-state index < -0.39 is 48.2 Å². The molecule has 19 heteroatoms. The average molecular weight is 1040 g/mol. The summed E-state index contributed by atoms with van der Waals surface area (Å²) in [6.45, 7) is 15.8. The Morgan fingerprint density at radius 3 is 2.34 bits per heavy atom. The molecule has 0 aliphatic carbocycles. The van der Waals surface area contributed by atoms with E-state index in [2.05, 4.69) is 22.3 Å². The summed E-state index contributed by atoms with van der Waals surface area (Å²) in [7, 11) is 6.73. The number of likely N-dealkylation sites (tertiary alicyclic amines) is 1. The van der Waals surface area contributed by atoms with Gasteiger partial charge in [-0.2, -0.15) is 0 Å². The van der Waals surface area contributed by atoms with Gasteiger partial charge in [0.25, 0.3) is 18.0 Å². The van der Waals surface area contributed by atoms with Crippen molar-refractivity contribution in [1.29, 1.82) is 0 Å². The highest BCUT2D eigenvalue weighted by molar-refractivity contribution is 7.18. The van der Waals surface area contributed by atoms with Gasteiger partial charge in [-0.05, 0) is 111 Å². The van der Waals surface area contributed by atoms with Crippen LogP contribution >= 0.6 is 9.24 Å². The second-order valence-electron chi connectivity index (χ2n) is 20.3. The molecule has 398 valence electrons. The lowest BCUT2D eigenvalue weighted by molar-refractivity contribution is -0.144. The summed E-state index contributed by atoms with van der Waals surface area (Å²) in [5, 5.41) is 5.03. The van der Waals surface area contributed by atoms with Crippen LogP contribution in [0.2, 0.25) is 0 Å². The number of alkyl halides is 4. The van der Waals surface area contributed by atoms with E-state index in [0.717, 1.165) is 25.5 Å². The Bertz CT molecular complexity index is 2590. The molecule has 6 rings (SSSR count). The van der Waals surface area contributed by atoms with Gasteiger partial charge in [0.2, 0.25) is 11.8 Å². The van der Waals surface area contributed by atoms with Crippen LogP contribution in [0.25, 0.3) is 33.3 Å². The highest BCUT2D eigenvalue weighted by atomic mass is 31.0. The maximum Gasteiger partial charge on any atom is 0.302 e. The minimum absolute atomic E-state index is 0.0396. The van der Waals surface area contributed by atoms with Gasteiger partial charge in [-0.25, -0.2) is 23.0 Å². The zero-order valence-corrected chi connectivity index (χ0v) is 44.6. The Kier molecular flexibility index (Phi) is 20.5. The maximum atomic E-state index is 15.2. The van der Waals surface area contributed by atoms with Crippen molar-refractivity contribution < 1.29 is 51.0 Å². The lowest BCUT2D eigenvalue weighted by Crippen LogP contribution is -2.58. The van der Waals surface area contributed by atoms with Crippen molar-refractivity contribution in [2.24, 2.45) is 17.3 Å². The second kappa shape index (κ2) is 25.6. The molecule has 5 unspecified atom stereocenters. The van der Waals surface area contributed by atoms with Crippen molar-refractivity contribution >= 4 is 50.1 Å². The van der Waals surface area contributed by atoms with Crippen molar-refractivity contribution in [3.8, 4) is 22.4 Å². The lowest BCUT2D eigenvalue weighted by atomic mass is 9.84. The monoisotopic (exact) mass is 1040 g/mol. The lowest BCUT2D eigenvalue weighted by Gasteiger charge is -2.33. The normalized spacial score (nSPS) is 16.5. The number of nitrogens with one attached hydrogen (secondary N) is 2. The molecule has 5 atom stereocenters. The molecule has 2 saturated heterocycles. The number of ether oxygens (including phenoxy) is 2. The van der Waals surface area contributed by atoms with E-state index in [1.807, 2.05) is 46.8 Å². The number of nitrogens with zero attached hydrogens (tertiary/aromatic N) is 5. The molecule has 2 N–H and O–H groups in total. The third kappa shape index (κ3) is 15.5. The number of aldehydes is 1. The Morgan fingerprint density at radius 1 is 1.04 bits per heavy atom. The number of likely N-dealkylation sites (N-methyl/N-ethyl adjacent to an activating group) is 1. The van der Waals surface area contributed by atoms with Gasteiger partial charge in [-0.15, -0.1) is 0 Å². The van der Waals surface area contributed by atoms with Gasteiger partial charge in [0.05, 0.1) is 36.7 Å². The van der Waals surface area contributed by atoms with Crippen molar-refractivity contribution in [3.63, 3.8) is 0 Å². The summed E-state index contributed by atoms with van der Waals surface area (Å²) >= 11 is 0. The first-order chi connectivity index (χ1) is 34.4. The SMILES string of the molecule is C=CC(=O)N1CCC(C=O)C1.COC(C)c1ncccc1-c1c(CC(C)(C)COC(C)=O)c2cc(-c3cc(CC(NC(=O)C(C(C)C)N(C)C)C(=O)N4CCCCN4)cc(C(F)F)c3)ccc2n1CC(F)(F)P. The van der Waals surface area contributed by atoms with Crippen molar-refractivity contribution in [1.82, 2.24) is 35.1 Å². The molecule has 4 heterocycles. The first-order valence-electron chi connectivity index (χ1n) is 24.6. The molecule has 4 aromatic rings. The molecule has 73 heavy (non-hydrogen) atoms. The van der Waals surface area contributed by atoms with Crippen LogP contribution in [0.1, 0.15) is 95.7 Å². The number of hydrogen-bond acceptors (Lipinski definition) is 10. The summed E-state index contributed by atoms with van der Waals surface area (Å²) in [4.78, 5) is 69.1. The van der Waals surface area contributed by atoms with Crippen LogP contribution in [0.15, 0.2) is 67.4 Å². The minimum atomic E-state index is -3.23. The van der Waals surface area contributed by atoms with E-state index in [9.17, 15) is 32.8 Å². The molecule has 0 bridgehead atoms. The summed E-state index contributed by atoms with van der Waals surface area (Å²) in [6.07, 6.45) is 3.07. The van der Waals surface area contributed by atoms with Crippen LogP contribution in [0.3, 0.4) is 0 Å². The van der Waals surface area contributed by atoms with Gasteiger partial charge >= 0.3 is 5.97 Å². The van der Waals surface area contributed by atoms with E-state index in [-0.39, 0.29) is 54.6 Å². The Hall–Kier alpha value is -5.55. The fourth-order valence-electron chi connectivity index (χ4n) is 9.59. The van der Waals surface area contributed by atoms with Crippen LogP contribution < -0.4 is 10.7 Å². The topological polar surface area (TPSA) is 155 Å². The molecule has 2 fully saturated rings. The van der Waals surface area contributed by atoms with E-state index in [1.54, 1.807) is 68.2 Å². The minimum Gasteiger partial charge on any atom is -0.465 e. The molecular formula is C54H72F4N7O7P. The molecule has 2 aliphatic rings. The summed E-state index contributed by atoms with van der Waals surface area (Å²) in [6, 6.07) is 11.6. The fourth-order valence-corrected chi connectivity index (χ4v) is 9.78. The zero-order valence-electron chi connectivity index (χ0n) is 43.5. The van der Waals surface area contributed by atoms with Gasteiger partial charge in [0.1, 0.15) is 12.3 Å². The molecule has 0 radical (unpaired) electrons. The highest BCUT2D eigenvalue weighted by Crippen LogP contribution is 2.44. The van der Waals surface area contributed by atoms with E-state index in [4.69, 9.17) is 9.47 Å². The van der Waals surface area contributed by atoms with E-state index >= 15 is 8.78 Å². The number of esters is 1. The van der Waals surface area contributed by atoms with Gasteiger partial charge in [-0.1, -0.05) is 61.7 Å². The number of methoxy groups -OCH3 is 1. The molecule has 2 aromatic heterocycles. The number of carbonyl (C=O) groups is 5. The summed E-state index contributed by atoms with van der Waals surface area (Å²) in [5.41, 5.74) is 2.96. The first-order valence-corrected chi connectivity index (χ1v) is 25.2. The first kappa shape index (κ1) is 58.3. The van der Waals surface area contributed by atoms with Gasteiger partial charge in [0.15, 0.2) is 0 Å². The van der Waals surface area contributed by atoms with Crippen LogP contribution in [0.4, 0.5) is 17.6 Å². The van der Waals surface area contributed by atoms with Gasteiger partial charge in [0, 0.05) is 86.2 Å². The third-order valence-electron chi connectivity index (χ3n) is 13.1. The van der Waals surface area contributed by atoms with Gasteiger partial charge in [-0.3, -0.25) is 34.1 Å². The fraction of sp³-hybridized carbons (Fsp3) is 0.519. The Labute approximate surface area is 428 Å². The van der Waals surface area contributed by atoms with Crippen LogP contribution in [-0.4, -0.2) is 126 Å². The molecule has 2 aromatic carbocycles. The standard InChI is InChI=1S/C46H61F4N6O5P.C8H11NO2/c1-27(2)40(54(7)8)43(58)53-37(44(59)56-18-11-10-17-52-56)21-30-19-32(22-33(20-30)42(47)48)31-14-15-38-35(23-31)36(24-45(5,6)26-61-29(4)57)41(55(38)25-46(49,50)62)34-13-12-16-51-39(34)28(3)60-9;1-2-8(11)9-4-3-7(5-9)6-10/h12-16,19-20,22-23,27-28,37,40,42,52H,10-11,17-18,21,24-26,62H2,1-9H3,(H,53,58);2,6-7H,1,3-5H2. The number of amides is 3. The van der Waals surface area contributed by atoms with Crippen LogP contribution in [0, 0.1) is 17.3 Å². The van der Waals surface area contributed by atoms with Crippen molar-refractivity contribution in [2.75, 3.05) is 54.0 Å². The average Bonchev–Trinajstić information content (AvgIpc) is 3.94. The van der Waals surface area contributed by atoms with Crippen LogP contribution in [-0.2, 0) is 52.8 Å². The van der Waals surface area contributed by atoms with Crippen LogP contribution in [0.5, 0.6) is 0 Å². The van der Waals surface area contributed by atoms with Crippen molar-refractivity contribution in [3.05, 3.63) is 89.8 Å². The maximum absolute atomic E-state index is 15.2. The quantitative estimate of drug-likeness (QED) is 0.0289. The summed E-state index contributed by atoms with van der Waals surface area (Å²) < 4.78 is 72.7. The Morgan fingerprint density at radius 2 is 1.77 bits per heavy atom. The number of aromatic nitrogens is 2. The summed E-state index contributed by atoms with van der Waals surface area (Å²) in [5.74, 6) is -1.30. The number of halogens is 4. The second-order valence-corrected chi connectivity index (χ2v) is 21.1. The number of hydrazine groups is 1. The van der Waals surface area contributed by atoms with E-state index in [0.29, 0.717) is 76.3 Å². The molecule has 2 aliphatic heterocycles. The molecular weight excluding hydrogens is 966 g/mol. The zero-order chi connectivity index (χ0) is 53.9. The third-order valence-corrected chi connectivity index (χ3v) is 13.3. The Balaban J connectivity index is 0.000000793. The van der Waals surface area contributed by atoms with Gasteiger partial charge < -0.3 is 29.1 Å². The number of carbonyl (C=O) groups excluding carboxylic acids is 5. The number of hydrogen-bond donors (Lipinski definition) is 2. The number of fused-ring (bicyclic) bond motifs is 1. The van der Waals surface area contributed by atoms with E-state index in [1.165, 1.54) is 37.3 Å². The number of pyridine rings is 1. The largest absolute Gasteiger partial charge is 0.465 e.